The molecule has 0 bridgehead atoms. The lowest BCUT2D eigenvalue weighted by molar-refractivity contribution is 0.407. The minimum absolute atomic E-state index is 0.363. The first kappa shape index (κ1) is 14.4. The molecule has 0 fully saturated rings. The molecule has 3 heteroatoms. The summed E-state index contributed by atoms with van der Waals surface area (Å²) in [5, 5.41) is 12.3. The van der Waals surface area contributed by atoms with E-state index in [2.05, 4.69) is 31.3 Å². The zero-order valence-electron chi connectivity index (χ0n) is 11.9. The van der Waals surface area contributed by atoms with Gasteiger partial charge in [0.2, 0.25) is 0 Å². The Hall–Kier alpha value is -1.69. The van der Waals surface area contributed by atoms with Crippen molar-refractivity contribution in [2.24, 2.45) is 5.41 Å². The molecule has 0 aliphatic rings. The van der Waals surface area contributed by atoms with Gasteiger partial charge in [0.15, 0.2) is 0 Å². The standard InChI is InChI=1S/C15H22N2O/c1-11(2)13-8-12(6-7-14(13)18-5)17-10-15(3,4)9-16/h6-8,11,17H,10H2,1-5H3. The maximum absolute atomic E-state index is 8.99. The number of hydrogen-bond donors (Lipinski definition) is 1. The van der Waals surface area contributed by atoms with Gasteiger partial charge in [-0.15, -0.1) is 0 Å². The smallest absolute Gasteiger partial charge is 0.122 e. The second-order valence-corrected chi connectivity index (χ2v) is 5.46. The van der Waals surface area contributed by atoms with Crippen LogP contribution in [0.3, 0.4) is 0 Å². The second kappa shape index (κ2) is 5.77. The lowest BCUT2D eigenvalue weighted by atomic mass is 9.95. The summed E-state index contributed by atoms with van der Waals surface area (Å²) in [6, 6.07) is 8.33. The number of nitrogens with one attached hydrogen (secondary N) is 1. The summed E-state index contributed by atoms with van der Waals surface area (Å²) < 4.78 is 5.35. The van der Waals surface area contributed by atoms with Gasteiger partial charge in [-0.05, 0) is 43.5 Å². The van der Waals surface area contributed by atoms with Gasteiger partial charge in [0.25, 0.3) is 0 Å². The van der Waals surface area contributed by atoms with Gasteiger partial charge in [-0.2, -0.15) is 5.26 Å². The van der Waals surface area contributed by atoms with Gasteiger partial charge in [-0.1, -0.05) is 13.8 Å². The Labute approximate surface area is 110 Å². The predicted molar refractivity (Wildman–Crippen MR) is 75.0 cm³/mol. The molecular formula is C15H22N2O. The Balaban J connectivity index is 2.86. The fraction of sp³-hybridized carbons (Fsp3) is 0.533. The number of benzene rings is 1. The van der Waals surface area contributed by atoms with E-state index in [1.165, 1.54) is 5.56 Å². The van der Waals surface area contributed by atoms with E-state index in [4.69, 9.17) is 10.00 Å². The molecule has 0 unspecified atom stereocenters. The molecule has 1 N–H and O–H groups in total. The lowest BCUT2D eigenvalue weighted by Gasteiger charge is -2.19. The van der Waals surface area contributed by atoms with Crippen molar-refractivity contribution in [3.05, 3.63) is 23.8 Å². The SMILES string of the molecule is COc1ccc(NCC(C)(C)C#N)cc1C(C)C. The first-order chi connectivity index (χ1) is 8.39. The van der Waals surface area contributed by atoms with Crippen LogP contribution in [0.15, 0.2) is 18.2 Å². The van der Waals surface area contributed by atoms with Crippen molar-refractivity contribution in [3.8, 4) is 11.8 Å². The van der Waals surface area contributed by atoms with E-state index in [0.29, 0.717) is 12.5 Å². The molecule has 0 aliphatic carbocycles. The maximum Gasteiger partial charge on any atom is 0.122 e. The van der Waals surface area contributed by atoms with E-state index in [9.17, 15) is 0 Å². The van der Waals surface area contributed by atoms with Gasteiger partial charge < -0.3 is 10.1 Å². The fourth-order valence-corrected chi connectivity index (χ4v) is 1.66. The molecule has 0 heterocycles. The molecular weight excluding hydrogens is 224 g/mol. The third kappa shape index (κ3) is 3.66. The van der Waals surface area contributed by atoms with Crippen LogP contribution in [0.25, 0.3) is 0 Å². The van der Waals surface area contributed by atoms with Crippen molar-refractivity contribution in [2.75, 3.05) is 19.0 Å². The van der Waals surface area contributed by atoms with Gasteiger partial charge in [0, 0.05) is 12.2 Å². The van der Waals surface area contributed by atoms with Crippen LogP contribution in [-0.4, -0.2) is 13.7 Å². The van der Waals surface area contributed by atoms with E-state index in [-0.39, 0.29) is 5.41 Å². The Bertz CT molecular complexity index is 444. The topological polar surface area (TPSA) is 45.0 Å². The van der Waals surface area contributed by atoms with Crippen molar-refractivity contribution in [3.63, 3.8) is 0 Å². The summed E-state index contributed by atoms with van der Waals surface area (Å²) in [5.74, 6) is 1.32. The molecule has 0 spiro atoms. The molecule has 0 aromatic heterocycles. The van der Waals surface area contributed by atoms with Crippen molar-refractivity contribution in [1.82, 2.24) is 0 Å². The van der Waals surface area contributed by atoms with Crippen molar-refractivity contribution in [2.45, 2.75) is 33.6 Å². The minimum Gasteiger partial charge on any atom is -0.496 e. The molecule has 0 aliphatic heterocycles. The van der Waals surface area contributed by atoms with Crippen LogP contribution >= 0.6 is 0 Å². The van der Waals surface area contributed by atoms with E-state index in [0.717, 1.165) is 11.4 Å². The molecule has 18 heavy (non-hydrogen) atoms. The summed E-state index contributed by atoms with van der Waals surface area (Å²) in [7, 11) is 1.69. The molecule has 1 aromatic rings. The normalized spacial score (nSPS) is 11.2. The summed E-state index contributed by atoms with van der Waals surface area (Å²) in [4.78, 5) is 0. The van der Waals surface area contributed by atoms with Crippen LogP contribution in [0.2, 0.25) is 0 Å². The lowest BCUT2D eigenvalue weighted by Crippen LogP contribution is -2.21. The number of ether oxygens (including phenoxy) is 1. The Morgan fingerprint density at radius 1 is 1.39 bits per heavy atom. The molecule has 98 valence electrons. The molecule has 0 amide bonds. The highest BCUT2D eigenvalue weighted by molar-refractivity contribution is 5.52. The van der Waals surface area contributed by atoms with Gasteiger partial charge in [0.1, 0.15) is 5.75 Å². The van der Waals surface area contributed by atoms with E-state index < -0.39 is 0 Å². The second-order valence-electron chi connectivity index (χ2n) is 5.46. The zero-order valence-corrected chi connectivity index (χ0v) is 11.9. The number of hydrogen-bond acceptors (Lipinski definition) is 3. The molecule has 3 nitrogen and oxygen atoms in total. The number of nitrogens with zero attached hydrogens (tertiary/aromatic N) is 1. The van der Waals surface area contributed by atoms with Gasteiger partial charge in [0.05, 0.1) is 18.6 Å². The Kier molecular flexibility index (Phi) is 4.61. The summed E-state index contributed by atoms with van der Waals surface area (Å²) >= 11 is 0. The van der Waals surface area contributed by atoms with Crippen LogP contribution in [0.5, 0.6) is 5.75 Å². The molecule has 0 radical (unpaired) electrons. The van der Waals surface area contributed by atoms with Gasteiger partial charge >= 0.3 is 0 Å². The molecule has 0 atom stereocenters. The maximum atomic E-state index is 8.99. The van der Waals surface area contributed by atoms with Gasteiger partial charge in [-0.3, -0.25) is 0 Å². The van der Waals surface area contributed by atoms with Crippen LogP contribution < -0.4 is 10.1 Å². The van der Waals surface area contributed by atoms with Crippen molar-refractivity contribution < 1.29 is 4.74 Å². The highest BCUT2D eigenvalue weighted by atomic mass is 16.5. The minimum atomic E-state index is -0.363. The quantitative estimate of drug-likeness (QED) is 0.860. The highest BCUT2D eigenvalue weighted by Crippen LogP contribution is 2.29. The summed E-state index contributed by atoms with van der Waals surface area (Å²) in [5.41, 5.74) is 1.85. The number of nitriles is 1. The monoisotopic (exact) mass is 246 g/mol. The molecule has 0 saturated carbocycles. The number of rotatable bonds is 5. The first-order valence-electron chi connectivity index (χ1n) is 6.22. The van der Waals surface area contributed by atoms with Crippen LogP contribution in [-0.2, 0) is 0 Å². The largest absolute Gasteiger partial charge is 0.496 e. The van der Waals surface area contributed by atoms with Crippen LogP contribution in [0.4, 0.5) is 5.69 Å². The van der Waals surface area contributed by atoms with Crippen molar-refractivity contribution in [1.29, 1.82) is 5.26 Å². The molecule has 0 saturated heterocycles. The third-order valence-corrected chi connectivity index (χ3v) is 2.89. The number of methoxy groups -OCH3 is 1. The Morgan fingerprint density at radius 2 is 2.06 bits per heavy atom. The van der Waals surface area contributed by atoms with E-state index in [1.54, 1.807) is 7.11 Å². The average molecular weight is 246 g/mol. The van der Waals surface area contributed by atoms with E-state index in [1.807, 2.05) is 26.0 Å². The fourth-order valence-electron chi connectivity index (χ4n) is 1.66. The third-order valence-electron chi connectivity index (χ3n) is 2.89. The predicted octanol–water partition coefficient (Wildman–Crippen LogP) is 3.78. The zero-order chi connectivity index (χ0) is 13.8. The number of anilines is 1. The molecule has 1 rings (SSSR count). The van der Waals surface area contributed by atoms with Crippen LogP contribution in [0.1, 0.15) is 39.2 Å². The van der Waals surface area contributed by atoms with Crippen LogP contribution in [0, 0.1) is 16.7 Å². The molecule has 1 aromatic carbocycles. The first-order valence-corrected chi connectivity index (χ1v) is 6.22. The highest BCUT2D eigenvalue weighted by Gasteiger charge is 2.16. The summed E-state index contributed by atoms with van der Waals surface area (Å²) in [6.07, 6.45) is 0. The van der Waals surface area contributed by atoms with Gasteiger partial charge in [-0.25, -0.2) is 0 Å². The van der Waals surface area contributed by atoms with Crippen molar-refractivity contribution >= 4 is 5.69 Å². The van der Waals surface area contributed by atoms with E-state index >= 15 is 0 Å². The Morgan fingerprint density at radius 3 is 2.56 bits per heavy atom. The average Bonchev–Trinajstić information content (AvgIpc) is 2.36. The summed E-state index contributed by atoms with van der Waals surface area (Å²) in [6.45, 7) is 8.76.